The number of anilines is 1. The normalized spacial score (nSPS) is 29.0. The highest BCUT2D eigenvalue weighted by atomic mass is 35.5. The quantitative estimate of drug-likeness (QED) is 0.294. The van der Waals surface area contributed by atoms with Crippen molar-refractivity contribution in [1.82, 2.24) is 15.5 Å². The Morgan fingerprint density at radius 2 is 2.19 bits per heavy atom. The summed E-state index contributed by atoms with van der Waals surface area (Å²) in [5.74, 6) is 0.269. The zero-order valence-electron chi connectivity index (χ0n) is 25.5. The summed E-state index contributed by atoms with van der Waals surface area (Å²) >= 11 is 6.69. The van der Waals surface area contributed by atoms with Gasteiger partial charge < -0.3 is 29.7 Å². The van der Waals surface area contributed by atoms with E-state index in [0.717, 1.165) is 37.2 Å². The third-order valence-electron chi connectivity index (χ3n) is 8.57. The smallest absolute Gasteiger partial charge is 0.220 e. The van der Waals surface area contributed by atoms with E-state index in [9.17, 15) is 10.1 Å². The molecule has 2 aliphatic heterocycles. The Kier molecular flexibility index (Phi) is 11.9. The van der Waals surface area contributed by atoms with E-state index < -0.39 is 5.54 Å². The molecule has 42 heavy (non-hydrogen) atoms. The van der Waals surface area contributed by atoms with Crippen molar-refractivity contribution in [1.29, 1.82) is 5.26 Å². The third-order valence-corrected chi connectivity index (χ3v) is 8.86. The van der Waals surface area contributed by atoms with Gasteiger partial charge in [0, 0.05) is 36.8 Å². The van der Waals surface area contributed by atoms with Crippen molar-refractivity contribution in [2.45, 2.75) is 76.1 Å². The van der Waals surface area contributed by atoms with Crippen molar-refractivity contribution >= 4 is 28.9 Å². The summed E-state index contributed by atoms with van der Waals surface area (Å²) in [5.41, 5.74) is 1.33. The van der Waals surface area contributed by atoms with Gasteiger partial charge in [-0.15, -0.1) is 0 Å². The van der Waals surface area contributed by atoms with Crippen molar-refractivity contribution in [3.63, 3.8) is 0 Å². The number of aliphatic imine (C=N–C) groups is 1. The van der Waals surface area contributed by atoms with Crippen LogP contribution in [0.5, 0.6) is 5.75 Å². The average Bonchev–Trinajstić information content (AvgIpc) is 3.47. The first-order valence-electron chi connectivity index (χ1n) is 15.3. The predicted octanol–water partition coefficient (Wildman–Crippen LogP) is 3.85. The van der Waals surface area contributed by atoms with Gasteiger partial charge in [0.25, 0.3) is 0 Å². The van der Waals surface area contributed by atoms with Crippen LogP contribution in [0.2, 0.25) is 5.02 Å². The molecule has 2 heterocycles. The van der Waals surface area contributed by atoms with E-state index >= 15 is 0 Å². The van der Waals surface area contributed by atoms with Gasteiger partial charge >= 0.3 is 0 Å². The highest BCUT2D eigenvalue weighted by Crippen LogP contribution is 2.45. The van der Waals surface area contributed by atoms with Crippen LogP contribution in [-0.2, 0) is 14.3 Å². The molecule has 2 fully saturated rings. The van der Waals surface area contributed by atoms with E-state index in [-0.39, 0.29) is 35.9 Å². The number of nitrogens with zero attached hydrogens (tertiary/aromatic N) is 3. The third kappa shape index (κ3) is 7.94. The Balaban J connectivity index is 1.56. The molecule has 0 bridgehead atoms. The molecule has 232 valence electrons. The number of rotatable bonds is 14. The molecule has 3 N–H and O–H groups in total. The zero-order valence-corrected chi connectivity index (χ0v) is 26.2. The highest BCUT2D eigenvalue weighted by molar-refractivity contribution is 6.32. The molecule has 1 aromatic carbocycles. The summed E-state index contributed by atoms with van der Waals surface area (Å²) in [6, 6.07) is 8.26. The topological polar surface area (TPSA) is 120 Å². The second-order valence-electron chi connectivity index (χ2n) is 11.9. The number of fused-ring (bicyclic) bond motifs is 1. The molecule has 1 aliphatic carbocycles. The Hall–Kier alpha value is -2.42. The van der Waals surface area contributed by atoms with Gasteiger partial charge in [-0.1, -0.05) is 24.9 Å². The number of hydrogen-bond acceptors (Lipinski definition) is 9. The summed E-state index contributed by atoms with van der Waals surface area (Å²) in [4.78, 5) is 20.0. The molecule has 6 atom stereocenters. The number of hydrogen-bond donors (Lipinski definition) is 3. The average molecular weight is 603 g/mol. The molecule has 0 radical (unpaired) electrons. The summed E-state index contributed by atoms with van der Waals surface area (Å²) in [5, 5.41) is 21.2. The van der Waals surface area contributed by atoms with Gasteiger partial charge in [-0.25, -0.2) is 0 Å². The van der Waals surface area contributed by atoms with Crippen LogP contribution < -0.4 is 20.7 Å². The Bertz CT molecular complexity index is 1120. The van der Waals surface area contributed by atoms with E-state index in [1.54, 1.807) is 0 Å². The van der Waals surface area contributed by atoms with E-state index in [2.05, 4.69) is 33.8 Å². The maximum Gasteiger partial charge on any atom is 0.220 e. The van der Waals surface area contributed by atoms with Crippen molar-refractivity contribution < 1.29 is 19.0 Å². The lowest BCUT2D eigenvalue weighted by atomic mass is 9.62. The lowest BCUT2D eigenvalue weighted by Gasteiger charge is -2.52. The number of ether oxygens (including phenoxy) is 3. The van der Waals surface area contributed by atoms with Crippen LogP contribution in [0.3, 0.4) is 0 Å². The van der Waals surface area contributed by atoms with Crippen molar-refractivity contribution in [3.05, 3.63) is 23.2 Å². The molecule has 1 aromatic rings. The first-order valence-corrected chi connectivity index (χ1v) is 15.7. The minimum atomic E-state index is -0.567. The fraction of sp³-hybridized carbons (Fsp3) is 0.710. The monoisotopic (exact) mass is 602 g/mol. The molecular formula is C31H47ClN6O4. The second-order valence-corrected chi connectivity index (χ2v) is 12.3. The number of nitrogens with one attached hydrogen (secondary N) is 3. The molecule has 6 unspecified atom stereocenters. The Morgan fingerprint density at radius 1 is 1.36 bits per heavy atom. The molecular weight excluding hydrogens is 556 g/mol. The number of nitriles is 1. The van der Waals surface area contributed by atoms with Gasteiger partial charge in [-0.3, -0.25) is 15.1 Å². The first-order chi connectivity index (χ1) is 20.3. The predicted molar refractivity (Wildman–Crippen MR) is 165 cm³/mol. The van der Waals surface area contributed by atoms with E-state index in [1.165, 1.54) is 0 Å². The Labute approximate surface area is 255 Å². The van der Waals surface area contributed by atoms with Gasteiger partial charge in [0.15, 0.2) is 0 Å². The van der Waals surface area contributed by atoms with E-state index in [0.29, 0.717) is 63.1 Å². The summed E-state index contributed by atoms with van der Waals surface area (Å²) in [7, 11) is 4.02. The molecule has 11 heteroatoms. The van der Waals surface area contributed by atoms with Crippen LogP contribution in [-0.4, -0.2) is 94.0 Å². The molecule has 4 rings (SSSR count). The summed E-state index contributed by atoms with van der Waals surface area (Å²) in [6.07, 6.45) is 4.07. The van der Waals surface area contributed by atoms with Crippen LogP contribution in [0.25, 0.3) is 0 Å². The van der Waals surface area contributed by atoms with E-state index in [1.807, 2.05) is 39.2 Å². The van der Waals surface area contributed by atoms with Crippen LogP contribution in [0.4, 0.5) is 5.69 Å². The minimum Gasteiger partial charge on any atom is -0.490 e. The molecule has 3 aliphatic rings. The summed E-state index contributed by atoms with van der Waals surface area (Å²) < 4.78 is 17.5. The summed E-state index contributed by atoms with van der Waals surface area (Å²) in [6.45, 7) is 7.58. The maximum absolute atomic E-state index is 13.0. The fourth-order valence-corrected chi connectivity index (χ4v) is 6.79. The lowest BCUT2D eigenvalue weighted by Crippen LogP contribution is -2.63. The zero-order chi connectivity index (χ0) is 30.1. The number of carbonyl (C=O) groups is 1. The second kappa shape index (κ2) is 15.3. The minimum absolute atomic E-state index is 0.0374. The molecule has 1 amide bonds. The van der Waals surface area contributed by atoms with E-state index in [4.69, 9.17) is 30.8 Å². The fourth-order valence-electron chi connectivity index (χ4n) is 6.56. The van der Waals surface area contributed by atoms with Gasteiger partial charge in [0.1, 0.15) is 12.4 Å². The molecule has 0 aromatic heterocycles. The van der Waals surface area contributed by atoms with Crippen LogP contribution in [0.15, 0.2) is 23.2 Å². The largest absolute Gasteiger partial charge is 0.490 e. The van der Waals surface area contributed by atoms with Crippen LogP contribution in [0.1, 0.15) is 52.4 Å². The number of carbonyl (C=O) groups excluding carboxylic acids is 1. The maximum atomic E-state index is 13.0. The van der Waals surface area contributed by atoms with Crippen LogP contribution in [0, 0.1) is 23.2 Å². The SMILES string of the molecule is CCCC1(Nc2ccc(OCC3COCN3)c(Cl)c2)C(C#N)CN=C2CC(OCC)C(NC(=O)CCCN(C)C)CC21. The van der Waals surface area contributed by atoms with Gasteiger partial charge in [-0.2, -0.15) is 5.26 Å². The molecule has 1 saturated carbocycles. The standard InChI is InChI=1S/C31H47ClN6O4/c1-5-11-31(37-22-9-10-28(25(32)13-22)42-19-23-18-40-20-35-23)21(16-33)17-34-26-15-29(41-6-2)27(14-24(26)31)36-30(39)8-7-12-38(3)4/h9-10,13,21,23-24,27,29,35,37H,5-8,11-12,14-15,17-20H2,1-4H3,(H,36,39). The Morgan fingerprint density at radius 3 is 2.86 bits per heavy atom. The lowest BCUT2D eigenvalue weighted by molar-refractivity contribution is -0.123. The van der Waals surface area contributed by atoms with Crippen LogP contribution >= 0.6 is 11.6 Å². The van der Waals surface area contributed by atoms with Gasteiger partial charge in [0.05, 0.1) is 60.6 Å². The number of halogens is 1. The first kappa shape index (κ1) is 32.5. The molecule has 10 nitrogen and oxygen atoms in total. The highest BCUT2D eigenvalue weighted by Gasteiger charge is 2.53. The van der Waals surface area contributed by atoms with Crippen molar-refractivity contribution in [2.75, 3.05) is 59.1 Å². The van der Waals surface area contributed by atoms with Gasteiger partial charge in [-0.05, 0) is 65.0 Å². The molecule has 0 spiro atoms. The number of benzene rings is 1. The van der Waals surface area contributed by atoms with Gasteiger partial charge in [0.2, 0.25) is 5.91 Å². The number of amides is 1. The van der Waals surface area contributed by atoms with Crippen molar-refractivity contribution in [3.8, 4) is 11.8 Å². The molecule has 1 saturated heterocycles. The van der Waals surface area contributed by atoms with Crippen molar-refractivity contribution in [2.24, 2.45) is 16.8 Å².